The van der Waals surface area contributed by atoms with Gasteiger partial charge < -0.3 is 24.1 Å². The van der Waals surface area contributed by atoms with E-state index >= 15 is 0 Å². The molecule has 0 radical (unpaired) electrons. The maximum absolute atomic E-state index is 13.4. The third-order valence-electron chi connectivity index (χ3n) is 13.8. The van der Waals surface area contributed by atoms with Gasteiger partial charge in [-0.1, -0.05) is 75.4 Å². The number of fused-ring (bicyclic) bond motifs is 6. The number of aromatic nitrogens is 3. The largest absolute Gasteiger partial charge is 0.438 e. The van der Waals surface area contributed by atoms with Gasteiger partial charge in [0.25, 0.3) is 5.52 Å². The molecule has 9 heteroatoms. The number of amides is 1. The first-order valence-corrected chi connectivity index (χ1v) is 22.9. The van der Waals surface area contributed by atoms with E-state index in [0.717, 1.165) is 93.7 Å². The number of pyridine rings is 2. The Bertz CT molecular complexity index is 3000. The Balaban J connectivity index is 1.06. The summed E-state index contributed by atoms with van der Waals surface area (Å²) in [7, 11) is 5.74. The van der Waals surface area contributed by atoms with Crippen LogP contribution in [0.1, 0.15) is 88.1 Å². The van der Waals surface area contributed by atoms with Gasteiger partial charge in [-0.25, -0.2) is 0 Å². The van der Waals surface area contributed by atoms with E-state index in [0.29, 0.717) is 6.42 Å². The van der Waals surface area contributed by atoms with Crippen LogP contribution in [-0.4, -0.2) is 31.8 Å². The topological polar surface area (TPSA) is 84.6 Å². The highest BCUT2D eigenvalue weighted by Crippen LogP contribution is 2.44. The zero-order valence-electron chi connectivity index (χ0n) is 38.4. The van der Waals surface area contributed by atoms with Gasteiger partial charge in [-0.05, 0) is 115 Å². The first-order valence-electron chi connectivity index (χ1n) is 22.9. The van der Waals surface area contributed by atoms with Crippen LogP contribution in [0.2, 0.25) is 0 Å². The van der Waals surface area contributed by atoms with E-state index in [9.17, 15) is 4.79 Å². The maximum atomic E-state index is 13.4. The summed E-state index contributed by atoms with van der Waals surface area (Å²) < 4.78 is 22.8. The summed E-state index contributed by atoms with van der Waals surface area (Å²) in [6.07, 6.45) is 22.0. The standard InChI is InChI=1S/C56H58N5O4/c1-7-56(3,55(62)58-37-63-6)36-45(40-27-31-57-32-28-40)35-38(2)39-29-33-61(34-30-39)52-43(21-25-50-59(4)48-23-19-41-13-8-10-17-46(41)53(48)64-50)15-12-16-44(52)22-26-51-60(5)49-24-20-42-14-9-11-18-47(42)54(49)65-51/h8-11,13-14,17-34,38,45H,7,12,15-16,35-37H2,1-6H3/q+1/p+1. The second kappa shape index (κ2) is 18.7. The van der Waals surface area contributed by atoms with Crippen LogP contribution in [-0.2, 0) is 16.6 Å². The molecule has 1 aliphatic carbocycles. The van der Waals surface area contributed by atoms with Crippen molar-refractivity contribution >= 4 is 56.0 Å². The third-order valence-corrected chi connectivity index (χ3v) is 13.8. The summed E-state index contributed by atoms with van der Waals surface area (Å²) in [5, 5.41) is 7.50. The number of hydrogen-bond donors (Lipinski definition) is 1. The van der Waals surface area contributed by atoms with E-state index < -0.39 is 5.41 Å². The molecule has 0 saturated heterocycles. The van der Waals surface area contributed by atoms with Crippen molar-refractivity contribution < 1.29 is 27.8 Å². The molecule has 2 aliphatic rings. The molecule has 7 aromatic rings. The summed E-state index contributed by atoms with van der Waals surface area (Å²) in [6.45, 7) is 6.66. The fourth-order valence-electron chi connectivity index (χ4n) is 9.74. The number of carbonyl (C=O) groups excluding carboxylic acids is 1. The monoisotopic (exact) mass is 865 g/mol. The van der Waals surface area contributed by atoms with Crippen LogP contribution in [0.5, 0.6) is 5.75 Å². The SMILES string of the molecule is CCC(C)(CC(CC(C)c1cc[n+](C2=C(C=Cc3oc4c5ccccc5ccc4[n+]3C)CCCC2=CC=C2Oc3c(ccc4ccccc34)N2C)cc1)c1ccncc1)C(=O)NCOC. The summed E-state index contributed by atoms with van der Waals surface area (Å²) in [5.41, 5.74) is 8.52. The van der Waals surface area contributed by atoms with E-state index in [1.807, 2.05) is 12.4 Å². The molecule has 65 heavy (non-hydrogen) atoms. The number of methoxy groups -OCH3 is 1. The van der Waals surface area contributed by atoms with Crippen LogP contribution in [0.4, 0.5) is 5.69 Å². The lowest BCUT2D eigenvalue weighted by atomic mass is 9.73. The number of anilines is 1. The van der Waals surface area contributed by atoms with Gasteiger partial charge in [0.2, 0.25) is 17.2 Å². The molecule has 3 aromatic heterocycles. The van der Waals surface area contributed by atoms with Gasteiger partial charge in [-0.2, -0.15) is 9.13 Å². The molecule has 9 nitrogen and oxygen atoms in total. The lowest BCUT2D eigenvalue weighted by molar-refractivity contribution is -0.652. The van der Waals surface area contributed by atoms with Gasteiger partial charge >= 0.3 is 5.89 Å². The molecule has 4 aromatic carbocycles. The molecule has 0 saturated carbocycles. The average Bonchev–Trinajstić information content (AvgIpc) is 3.86. The van der Waals surface area contributed by atoms with Gasteiger partial charge in [-0.3, -0.25) is 9.78 Å². The van der Waals surface area contributed by atoms with E-state index in [-0.39, 0.29) is 24.5 Å². The fourth-order valence-corrected chi connectivity index (χ4v) is 9.74. The quantitative estimate of drug-likeness (QED) is 0.0866. The summed E-state index contributed by atoms with van der Waals surface area (Å²) in [5.74, 6) is 2.87. The summed E-state index contributed by atoms with van der Waals surface area (Å²) in [4.78, 5) is 19.9. The number of ether oxygens (including phenoxy) is 2. The molecule has 0 spiro atoms. The normalized spacial score (nSPS) is 17.3. The van der Waals surface area contributed by atoms with Crippen molar-refractivity contribution in [3.05, 3.63) is 174 Å². The van der Waals surface area contributed by atoms with Crippen molar-refractivity contribution in [3.8, 4) is 5.75 Å². The van der Waals surface area contributed by atoms with Crippen molar-refractivity contribution in [3.63, 3.8) is 0 Å². The van der Waals surface area contributed by atoms with Crippen molar-refractivity contribution in [2.45, 2.75) is 71.1 Å². The zero-order chi connectivity index (χ0) is 45.1. The maximum Gasteiger partial charge on any atom is 0.373 e. The predicted octanol–water partition coefficient (Wildman–Crippen LogP) is 11.5. The van der Waals surface area contributed by atoms with Gasteiger partial charge in [0.05, 0.1) is 11.8 Å². The van der Waals surface area contributed by atoms with Crippen molar-refractivity contribution in [2.24, 2.45) is 12.5 Å². The van der Waals surface area contributed by atoms with Gasteiger partial charge in [0.1, 0.15) is 13.8 Å². The molecule has 9 rings (SSSR count). The Morgan fingerprint density at radius 1 is 0.908 bits per heavy atom. The number of hydrogen-bond acceptors (Lipinski definition) is 6. The number of allylic oxidation sites excluding steroid dienone is 6. The molecular weight excluding hydrogens is 807 g/mol. The van der Waals surface area contributed by atoms with Gasteiger partial charge in [-0.15, -0.1) is 0 Å². The minimum Gasteiger partial charge on any atom is -0.438 e. The van der Waals surface area contributed by atoms with E-state index in [4.69, 9.17) is 13.9 Å². The minimum atomic E-state index is -0.552. The van der Waals surface area contributed by atoms with Crippen LogP contribution in [0.25, 0.3) is 44.4 Å². The zero-order valence-corrected chi connectivity index (χ0v) is 38.4. The van der Waals surface area contributed by atoms with Crippen molar-refractivity contribution in [1.29, 1.82) is 0 Å². The molecule has 0 bridgehead atoms. The van der Waals surface area contributed by atoms with E-state index in [1.165, 1.54) is 22.3 Å². The number of aryl methyl sites for hydroxylation is 1. The molecule has 1 aliphatic heterocycles. The summed E-state index contributed by atoms with van der Waals surface area (Å²) >= 11 is 0. The Morgan fingerprint density at radius 2 is 1.63 bits per heavy atom. The molecule has 1 N–H and O–H groups in total. The predicted molar refractivity (Wildman–Crippen MR) is 260 cm³/mol. The van der Waals surface area contributed by atoms with Crippen LogP contribution >= 0.6 is 0 Å². The molecular formula is C56H59N5O4+2. The molecule has 3 unspecified atom stereocenters. The molecule has 4 heterocycles. The highest BCUT2D eigenvalue weighted by molar-refractivity contribution is 6.02. The minimum absolute atomic E-state index is 0.0196. The Labute approximate surface area is 382 Å². The van der Waals surface area contributed by atoms with Crippen molar-refractivity contribution in [2.75, 3.05) is 25.8 Å². The number of nitrogens with one attached hydrogen (secondary N) is 1. The number of carbonyl (C=O) groups is 1. The first kappa shape index (κ1) is 43.4. The molecule has 0 fully saturated rings. The van der Waals surface area contributed by atoms with Crippen molar-refractivity contribution in [1.82, 2.24) is 10.3 Å². The van der Waals surface area contributed by atoms with E-state index in [1.54, 1.807) is 7.11 Å². The average molecular weight is 866 g/mol. The molecule has 1 amide bonds. The number of nitrogens with zero attached hydrogens (tertiary/aromatic N) is 4. The Hall–Kier alpha value is -6.84. The van der Waals surface area contributed by atoms with Crippen LogP contribution in [0, 0.1) is 5.41 Å². The number of benzene rings is 4. The Morgan fingerprint density at radius 3 is 2.38 bits per heavy atom. The number of rotatable bonds is 14. The molecule has 3 atom stereocenters. The molecule has 330 valence electrons. The fraction of sp³-hybridized carbons (Fsp3) is 0.286. The smallest absolute Gasteiger partial charge is 0.373 e. The lowest BCUT2D eigenvalue weighted by Crippen LogP contribution is -2.40. The highest BCUT2D eigenvalue weighted by Gasteiger charge is 2.35. The van der Waals surface area contributed by atoms with Crippen LogP contribution < -0.4 is 24.1 Å². The Kier molecular flexibility index (Phi) is 12.5. The second-order valence-corrected chi connectivity index (χ2v) is 17.9. The number of oxazole rings is 1. The van der Waals surface area contributed by atoms with Gasteiger partial charge in [0, 0.05) is 72.1 Å². The third kappa shape index (κ3) is 8.73. The lowest BCUT2D eigenvalue weighted by Gasteiger charge is -2.32. The van der Waals surface area contributed by atoms with Crippen LogP contribution in [0.15, 0.2) is 162 Å². The highest BCUT2D eigenvalue weighted by atomic mass is 16.5. The van der Waals surface area contributed by atoms with E-state index in [2.05, 4.69) is 193 Å². The summed E-state index contributed by atoms with van der Waals surface area (Å²) in [6, 6.07) is 34.1. The van der Waals surface area contributed by atoms with Crippen LogP contribution in [0.3, 0.4) is 0 Å². The first-order chi connectivity index (χ1) is 31.7. The van der Waals surface area contributed by atoms with Gasteiger partial charge in [0.15, 0.2) is 24.0 Å². The second-order valence-electron chi connectivity index (χ2n) is 17.9.